The molecule has 3 aromatic rings. The first-order valence-electron chi connectivity index (χ1n) is 7.41. The van der Waals surface area contributed by atoms with Gasteiger partial charge in [-0.05, 0) is 49.2 Å². The molecule has 118 valence electrons. The number of hydrogen-bond acceptors (Lipinski definition) is 5. The molecular weight excluding hydrogens is 330 g/mol. The summed E-state index contributed by atoms with van der Waals surface area (Å²) in [4.78, 5) is 20.8. The molecule has 4 nitrogen and oxygen atoms in total. The fourth-order valence-electron chi connectivity index (χ4n) is 2.87. The van der Waals surface area contributed by atoms with Gasteiger partial charge in [-0.15, -0.1) is 23.7 Å². The zero-order valence-corrected chi connectivity index (χ0v) is 14.0. The third-order valence-corrected chi connectivity index (χ3v) is 5.06. The molecule has 1 N–H and O–H groups in total. The summed E-state index contributed by atoms with van der Waals surface area (Å²) in [6, 6.07) is 12.0. The van der Waals surface area contributed by atoms with Gasteiger partial charge in [0.15, 0.2) is 0 Å². The predicted molar refractivity (Wildman–Crippen MR) is 96.3 cm³/mol. The summed E-state index contributed by atoms with van der Waals surface area (Å²) in [6.45, 7) is 1.06. The van der Waals surface area contributed by atoms with E-state index in [-0.39, 0.29) is 18.0 Å². The van der Waals surface area contributed by atoms with Crippen molar-refractivity contribution in [1.29, 1.82) is 0 Å². The van der Waals surface area contributed by atoms with E-state index in [4.69, 9.17) is 0 Å². The summed E-state index contributed by atoms with van der Waals surface area (Å²) in [5.74, 6) is 0. The number of hydrogen-bond donors (Lipinski definition) is 1. The molecular formula is C17H16ClN3OS. The lowest BCUT2D eigenvalue weighted by atomic mass is 10.1. The molecule has 0 spiro atoms. The molecule has 0 radical (unpaired) electrons. The number of rotatable bonds is 2. The Hall–Kier alpha value is -1.82. The zero-order chi connectivity index (χ0) is 14.9. The van der Waals surface area contributed by atoms with Crippen LogP contribution in [-0.2, 0) is 0 Å². The second-order valence-electron chi connectivity index (χ2n) is 5.44. The summed E-state index contributed by atoms with van der Waals surface area (Å²) in [5, 5.41) is 4.84. The first-order chi connectivity index (χ1) is 10.8. The number of fused-ring (bicyclic) bond motifs is 1. The van der Waals surface area contributed by atoms with Crippen LogP contribution >= 0.6 is 23.7 Å². The average Bonchev–Trinajstić information content (AvgIpc) is 3.09. The van der Waals surface area contributed by atoms with Crippen LogP contribution in [0.5, 0.6) is 0 Å². The molecule has 3 heterocycles. The van der Waals surface area contributed by atoms with Gasteiger partial charge in [0.1, 0.15) is 5.01 Å². The number of benzene rings is 1. The third kappa shape index (κ3) is 3.13. The van der Waals surface area contributed by atoms with Crippen LogP contribution in [0.1, 0.15) is 24.4 Å². The molecule has 6 heteroatoms. The Morgan fingerprint density at radius 2 is 2.09 bits per heavy atom. The standard InChI is InChI=1S/C17H15N3OS.ClH/c21-16-12-4-1-2-6-15(12)22-17(20-16)14-10-11(7-9-19-14)13-5-3-8-18-13;/h1-2,4,6-7,9-10,13,18H,3,5,8H2;1H. The Balaban J connectivity index is 0.00000156. The maximum absolute atomic E-state index is 12.2. The third-order valence-electron chi connectivity index (χ3n) is 3.99. The van der Waals surface area contributed by atoms with Gasteiger partial charge in [-0.2, -0.15) is 4.98 Å². The van der Waals surface area contributed by atoms with E-state index < -0.39 is 0 Å². The number of pyridine rings is 1. The number of halogens is 1. The van der Waals surface area contributed by atoms with Crippen molar-refractivity contribution in [3.05, 3.63) is 58.5 Å². The van der Waals surface area contributed by atoms with Crippen LogP contribution < -0.4 is 10.9 Å². The van der Waals surface area contributed by atoms with E-state index in [2.05, 4.69) is 21.4 Å². The van der Waals surface area contributed by atoms with Crippen LogP contribution in [0.15, 0.2) is 47.4 Å². The smallest absolute Gasteiger partial charge is 0.279 e. The van der Waals surface area contributed by atoms with Crippen molar-refractivity contribution in [2.24, 2.45) is 0 Å². The summed E-state index contributed by atoms with van der Waals surface area (Å²) >= 11 is 1.51. The SMILES string of the molecule is Cl.O=c1nc(-c2cc(C3CCCN3)ccn2)sc2ccccc12. The van der Waals surface area contributed by atoms with Crippen molar-refractivity contribution >= 4 is 33.8 Å². The highest BCUT2D eigenvalue weighted by molar-refractivity contribution is 7.21. The van der Waals surface area contributed by atoms with Crippen molar-refractivity contribution in [2.45, 2.75) is 18.9 Å². The first kappa shape index (κ1) is 16.1. The molecule has 0 saturated carbocycles. The molecule has 23 heavy (non-hydrogen) atoms. The highest BCUT2D eigenvalue weighted by Gasteiger charge is 2.17. The normalized spacial score (nSPS) is 17.1. The van der Waals surface area contributed by atoms with Gasteiger partial charge in [-0.1, -0.05) is 12.1 Å². The minimum Gasteiger partial charge on any atom is -0.310 e. The largest absolute Gasteiger partial charge is 0.310 e. The lowest BCUT2D eigenvalue weighted by Gasteiger charge is -2.11. The summed E-state index contributed by atoms with van der Waals surface area (Å²) in [6.07, 6.45) is 4.15. The summed E-state index contributed by atoms with van der Waals surface area (Å²) in [5.41, 5.74) is 1.81. The minimum atomic E-state index is -0.185. The number of aromatic nitrogens is 2. The molecule has 1 fully saturated rings. The van der Waals surface area contributed by atoms with Gasteiger partial charge in [-0.25, -0.2) is 0 Å². The highest BCUT2D eigenvalue weighted by Crippen LogP contribution is 2.28. The van der Waals surface area contributed by atoms with Crippen molar-refractivity contribution in [3.8, 4) is 10.7 Å². The van der Waals surface area contributed by atoms with Gasteiger partial charge in [0.05, 0.1) is 11.1 Å². The van der Waals surface area contributed by atoms with Gasteiger partial charge in [-0.3, -0.25) is 9.78 Å². The maximum atomic E-state index is 12.2. The highest BCUT2D eigenvalue weighted by atomic mass is 35.5. The van der Waals surface area contributed by atoms with Crippen LogP contribution in [0.25, 0.3) is 20.8 Å². The second kappa shape index (κ2) is 6.74. The van der Waals surface area contributed by atoms with E-state index in [1.165, 1.54) is 23.3 Å². The van der Waals surface area contributed by atoms with Crippen molar-refractivity contribution in [2.75, 3.05) is 6.54 Å². The molecule has 1 aromatic carbocycles. The van der Waals surface area contributed by atoms with Gasteiger partial charge in [0.25, 0.3) is 5.56 Å². The molecule has 1 atom stereocenters. The Morgan fingerprint density at radius 3 is 2.91 bits per heavy atom. The number of nitrogens with one attached hydrogen (secondary N) is 1. The number of nitrogens with zero attached hydrogens (tertiary/aromatic N) is 2. The van der Waals surface area contributed by atoms with Gasteiger partial charge < -0.3 is 5.32 Å². The first-order valence-corrected chi connectivity index (χ1v) is 8.22. The molecule has 1 aliphatic rings. The van der Waals surface area contributed by atoms with Gasteiger partial charge in [0, 0.05) is 16.9 Å². The lowest BCUT2D eigenvalue weighted by molar-refractivity contribution is 0.647. The Morgan fingerprint density at radius 1 is 1.22 bits per heavy atom. The van der Waals surface area contributed by atoms with Crippen LogP contribution in [0.3, 0.4) is 0 Å². The second-order valence-corrected chi connectivity index (χ2v) is 6.47. The van der Waals surface area contributed by atoms with Crippen LogP contribution in [0.4, 0.5) is 0 Å². The predicted octanol–water partition coefficient (Wildman–Crippen LogP) is 3.56. The Labute approximate surface area is 144 Å². The van der Waals surface area contributed by atoms with E-state index in [0.29, 0.717) is 16.4 Å². The maximum Gasteiger partial charge on any atom is 0.279 e. The molecule has 0 amide bonds. The van der Waals surface area contributed by atoms with E-state index in [0.717, 1.165) is 23.4 Å². The Kier molecular flexibility index (Phi) is 4.71. The Bertz CT molecular complexity index is 890. The molecule has 0 aliphatic carbocycles. The average molecular weight is 346 g/mol. The van der Waals surface area contributed by atoms with Crippen molar-refractivity contribution in [3.63, 3.8) is 0 Å². The fourth-order valence-corrected chi connectivity index (χ4v) is 3.84. The van der Waals surface area contributed by atoms with E-state index in [1.54, 1.807) is 6.20 Å². The molecule has 4 rings (SSSR count). The minimum absolute atomic E-state index is 0. The van der Waals surface area contributed by atoms with E-state index in [1.807, 2.05) is 30.3 Å². The molecule has 1 saturated heterocycles. The van der Waals surface area contributed by atoms with Crippen molar-refractivity contribution in [1.82, 2.24) is 15.3 Å². The zero-order valence-electron chi connectivity index (χ0n) is 12.4. The summed E-state index contributed by atoms with van der Waals surface area (Å²) < 4.78 is 0.948. The molecule has 1 unspecified atom stereocenters. The van der Waals surface area contributed by atoms with Crippen LogP contribution in [0.2, 0.25) is 0 Å². The molecule has 1 aliphatic heterocycles. The molecule has 0 bridgehead atoms. The lowest BCUT2D eigenvalue weighted by Crippen LogP contribution is -2.13. The molecule has 2 aromatic heterocycles. The van der Waals surface area contributed by atoms with E-state index in [9.17, 15) is 4.79 Å². The van der Waals surface area contributed by atoms with Gasteiger partial charge >= 0.3 is 0 Å². The summed E-state index contributed by atoms with van der Waals surface area (Å²) in [7, 11) is 0. The topological polar surface area (TPSA) is 54.9 Å². The van der Waals surface area contributed by atoms with Crippen LogP contribution in [-0.4, -0.2) is 16.5 Å². The van der Waals surface area contributed by atoms with Gasteiger partial charge in [0.2, 0.25) is 0 Å². The van der Waals surface area contributed by atoms with Crippen molar-refractivity contribution < 1.29 is 0 Å². The fraction of sp³-hybridized carbons (Fsp3) is 0.235. The van der Waals surface area contributed by atoms with Crippen LogP contribution in [0, 0.1) is 0 Å². The quantitative estimate of drug-likeness (QED) is 0.771. The van der Waals surface area contributed by atoms with E-state index >= 15 is 0 Å². The monoisotopic (exact) mass is 345 g/mol.